The number of benzene rings is 2. The van der Waals surface area contributed by atoms with Crippen molar-refractivity contribution in [2.24, 2.45) is 0 Å². The Hall–Kier alpha value is -1.31. The molecule has 0 bridgehead atoms. The van der Waals surface area contributed by atoms with Crippen molar-refractivity contribution >= 4 is 11.6 Å². The predicted octanol–water partition coefficient (Wildman–Crippen LogP) is 4.78. The van der Waals surface area contributed by atoms with Crippen molar-refractivity contribution in [2.45, 2.75) is 26.3 Å². The van der Waals surface area contributed by atoms with Crippen LogP contribution in [-0.2, 0) is 13.0 Å². The number of fused-ring (bicyclic) bond motifs is 1. The quantitative estimate of drug-likeness (QED) is 0.785. The highest BCUT2D eigenvalue weighted by Gasteiger charge is 2.18. The Labute approximate surface area is 126 Å². The van der Waals surface area contributed by atoms with Crippen molar-refractivity contribution < 1.29 is 0 Å². The standard InChI is InChI=1S/C18H20ClN/c1-2-11-20-12-10-14-4-3-5-17(18(14)13-20)15-6-8-16(19)9-7-15/h3-9H,2,10-13H2,1H3. The summed E-state index contributed by atoms with van der Waals surface area (Å²) < 4.78 is 0. The van der Waals surface area contributed by atoms with Crippen molar-refractivity contribution in [3.8, 4) is 11.1 Å². The van der Waals surface area contributed by atoms with Gasteiger partial charge in [0.1, 0.15) is 0 Å². The Bertz CT molecular complexity index is 589. The van der Waals surface area contributed by atoms with Crippen LogP contribution in [0.15, 0.2) is 42.5 Å². The first-order valence-electron chi connectivity index (χ1n) is 7.37. The van der Waals surface area contributed by atoms with Crippen LogP contribution < -0.4 is 0 Å². The van der Waals surface area contributed by atoms with Crippen molar-refractivity contribution in [3.63, 3.8) is 0 Å². The third-order valence-electron chi connectivity index (χ3n) is 4.05. The summed E-state index contributed by atoms with van der Waals surface area (Å²) in [4.78, 5) is 2.56. The number of hydrogen-bond acceptors (Lipinski definition) is 1. The van der Waals surface area contributed by atoms with E-state index < -0.39 is 0 Å². The summed E-state index contributed by atoms with van der Waals surface area (Å²) in [7, 11) is 0. The van der Waals surface area contributed by atoms with Gasteiger partial charge in [-0.3, -0.25) is 4.90 Å². The van der Waals surface area contributed by atoms with Crippen LogP contribution in [0.5, 0.6) is 0 Å². The highest BCUT2D eigenvalue weighted by molar-refractivity contribution is 6.30. The highest BCUT2D eigenvalue weighted by atomic mass is 35.5. The topological polar surface area (TPSA) is 3.24 Å². The third kappa shape index (κ3) is 2.74. The molecule has 2 aromatic carbocycles. The number of nitrogens with zero attached hydrogens (tertiary/aromatic N) is 1. The number of halogens is 1. The normalized spacial score (nSPS) is 15.1. The molecule has 20 heavy (non-hydrogen) atoms. The smallest absolute Gasteiger partial charge is 0.0406 e. The minimum atomic E-state index is 0.797. The first kappa shape index (κ1) is 13.7. The second-order valence-corrected chi connectivity index (χ2v) is 5.91. The molecule has 0 amide bonds. The van der Waals surface area contributed by atoms with Gasteiger partial charge in [0.05, 0.1) is 0 Å². The maximum absolute atomic E-state index is 6.00. The van der Waals surface area contributed by atoms with Crippen LogP contribution in [0.4, 0.5) is 0 Å². The lowest BCUT2D eigenvalue weighted by Crippen LogP contribution is -2.31. The highest BCUT2D eigenvalue weighted by Crippen LogP contribution is 2.31. The van der Waals surface area contributed by atoms with Gasteiger partial charge in [0.2, 0.25) is 0 Å². The molecular formula is C18H20ClN. The van der Waals surface area contributed by atoms with Crippen LogP contribution in [0.25, 0.3) is 11.1 Å². The fraction of sp³-hybridized carbons (Fsp3) is 0.333. The van der Waals surface area contributed by atoms with Crippen molar-refractivity contribution in [1.29, 1.82) is 0 Å². The molecule has 1 nitrogen and oxygen atoms in total. The number of hydrogen-bond donors (Lipinski definition) is 0. The average molecular weight is 286 g/mol. The molecule has 0 saturated heterocycles. The lowest BCUT2D eigenvalue weighted by Gasteiger charge is -2.30. The third-order valence-corrected chi connectivity index (χ3v) is 4.30. The van der Waals surface area contributed by atoms with E-state index in [0.717, 1.165) is 18.0 Å². The first-order chi connectivity index (χ1) is 9.78. The van der Waals surface area contributed by atoms with E-state index in [1.54, 1.807) is 0 Å². The number of rotatable bonds is 3. The summed E-state index contributed by atoms with van der Waals surface area (Å²) in [5.41, 5.74) is 5.63. The predicted molar refractivity (Wildman–Crippen MR) is 86.2 cm³/mol. The first-order valence-corrected chi connectivity index (χ1v) is 7.75. The molecule has 2 aromatic rings. The summed E-state index contributed by atoms with van der Waals surface area (Å²) in [5.74, 6) is 0. The molecule has 2 heteroatoms. The van der Waals surface area contributed by atoms with Gasteiger partial charge >= 0.3 is 0 Å². The van der Waals surface area contributed by atoms with Gasteiger partial charge in [-0.15, -0.1) is 0 Å². The maximum Gasteiger partial charge on any atom is 0.0406 e. The molecular weight excluding hydrogens is 266 g/mol. The molecule has 1 heterocycles. The van der Waals surface area contributed by atoms with E-state index in [2.05, 4.69) is 42.2 Å². The van der Waals surface area contributed by atoms with E-state index in [-0.39, 0.29) is 0 Å². The molecule has 1 aliphatic rings. The molecule has 0 aliphatic carbocycles. The van der Waals surface area contributed by atoms with Crippen molar-refractivity contribution in [1.82, 2.24) is 4.90 Å². The Morgan fingerprint density at radius 1 is 1.10 bits per heavy atom. The Balaban J connectivity index is 1.98. The molecule has 0 aromatic heterocycles. The molecule has 0 N–H and O–H groups in total. The Morgan fingerprint density at radius 3 is 2.65 bits per heavy atom. The van der Waals surface area contributed by atoms with Crippen LogP contribution in [0.2, 0.25) is 5.02 Å². The SMILES string of the molecule is CCCN1CCc2cccc(-c3ccc(Cl)cc3)c2C1. The summed E-state index contributed by atoms with van der Waals surface area (Å²) in [5, 5.41) is 0.797. The van der Waals surface area contributed by atoms with E-state index in [1.807, 2.05) is 12.1 Å². The molecule has 0 radical (unpaired) electrons. The van der Waals surface area contributed by atoms with Gasteiger partial charge in [0.15, 0.2) is 0 Å². The van der Waals surface area contributed by atoms with Crippen molar-refractivity contribution in [3.05, 3.63) is 58.6 Å². The van der Waals surface area contributed by atoms with E-state index in [4.69, 9.17) is 11.6 Å². The molecule has 3 rings (SSSR count). The zero-order valence-electron chi connectivity index (χ0n) is 11.9. The largest absolute Gasteiger partial charge is 0.299 e. The van der Waals surface area contributed by atoms with Gasteiger partial charge in [0.25, 0.3) is 0 Å². The molecule has 104 valence electrons. The van der Waals surface area contributed by atoms with Gasteiger partial charge in [-0.2, -0.15) is 0 Å². The van der Waals surface area contributed by atoms with Gasteiger partial charge < -0.3 is 0 Å². The van der Waals surface area contributed by atoms with Crippen molar-refractivity contribution in [2.75, 3.05) is 13.1 Å². The summed E-state index contributed by atoms with van der Waals surface area (Å²) in [6, 6.07) is 14.9. The molecule has 0 spiro atoms. The summed E-state index contributed by atoms with van der Waals surface area (Å²) in [6.45, 7) is 5.70. The van der Waals surface area contributed by atoms with Crippen LogP contribution in [-0.4, -0.2) is 18.0 Å². The summed E-state index contributed by atoms with van der Waals surface area (Å²) >= 11 is 6.00. The molecule has 1 aliphatic heterocycles. The minimum Gasteiger partial charge on any atom is -0.299 e. The van der Waals surface area contributed by atoms with Gasteiger partial charge in [-0.05, 0) is 53.8 Å². The zero-order valence-corrected chi connectivity index (χ0v) is 12.7. The fourth-order valence-corrected chi connectivity index (χ4v) is 3.17. The lowest BCUT2D eigenvalue weighted by molar-refractivity contribution is 0.255. The zero-order chi connectivity index (χ0) is 13.9. The van der Waals surface area contributed by atoms with Crippen LogP contribution in [0, 0.1) is 0 Å². The van der Waals surface area contributed by atoms with Gasteiger partial charge in [-0.1, -0.05) is 48.9 Å². The molecule has 0 unspecified atom stereocenters. The van der Waals surface area contributed by atoms with Crippen LogP contribution >= 0.6 is 11.6 Å². The molecule has 0 atom stereocenters. The van der Waals surface area contributed by atoms with E-state index in [9.17, 15) is 0 Å². The fourth-order valence-electron chi connectivity index (χ4n) is 3.04. The van der Waals surface area contributed by atoms with E-state index in [1.165, 1.54) is 41.8 Å². The second kappa shape index (κ2) is 5.99. The second-order valence-electron chi connectivity index (χ2n) is 5.48. The summed E-state index contributed by atoms with van der Waals surface area (Å²) in [6.07, 6.45) is 2.38. The Morgan fingerprint density at radius 2 is 1.90 bits per heavy atom. The lowest BCUT2D eigenvalue weighted by atomic mass is 9.91. The van der Waals surface area contributed by atoms with E-state index >= 15 is 0 Å². The maximum atomic E-state index is 6.00. The van der Waals surface area contributed by atoms with Crippen LogP contribution in [0.3, 0.4) is 0 Å². The molecule has 0 fully saturated rings. The minimum absolute atomic E-state index is 0.797. The van der Waals surface area contributed by atoms with E-state index in [0.29, 0.717) is 0 Å². The van der Waals surface area contributed by atoms with Gasteiger partial charge in [-0.25, -0.2) is 0 Å². The average Bonchev–Trinajstić information content (AvgIpc) is 2.48. The van der Waals surface area contributed by atoms with Gasteiger partial charge in [0, 0.05) is 18.1 Å². The molecule has 0 saturated carbocycles. The Kier molecular flexibility index (Phi) is 4.09. The van der Waals surface area contributed by atoms with Crippen LogP contribution in [0.1, 0.15) is 24.5 Å². The monoisotopic (exact) mass is 285 g/mol.